The molecule has 6 heteroatoms. The number of anilines is 1. The molecule has 0 spiro atoms. The van der Waals surface area contributed by atoms with Crippen molar-refractivity contribution in [1.82, 2.24) is 5.32 Å². The Morgan fingerprint density at radius 3 is 2.82 bits per heavy atom. The van der Waals surface area contributed by atoms with E-state index in [1.54, 1.807) is 13.0 Å². The van der Waals surface area contributed by atoms with Crippen LogP contribution in [-0.4, -0.2) is 24.4 Å². The van der Waals surface area contributed by atoms with Crippen molar-refractivity contribution in [2.75, 3.05) is 11.4 Å². The Balaban J connectivity index is 2.50. The van der Waals surface area contributed by atoms with Gasteiger partial charge in [-0.1, -0.05) is 6.07 Å². The molecule has 0 saturated carbocycles. The summed E-state index contributed by atoms with van der Waals surface area (Å²) in [5, 5.41) is 2.45. The molecule has 1 aromatic carbocycles. The molecule has 1 aromatic rings. The van der Waals surface area contributed by atoms with E-state index in [2.05, 4.69) is 21.2 Å². The maximum Gasteiger partial charge on any atom is 0.247 e. The van der Waals surface area contributed by atoms with Gasteiger partial charge < -0.3 is 5.32 Å². The van der Waals surface area contributed by atoms with Gasteiger partial charge in [0.05, 0.1) is 12.2 Å². The predicted octanol–water partition coefficient (Wildman–Crippen LogP) is 1.44. The first-order valence-electron chi connectivity index (χ1n) is 5.06. The van der Waals surface area contributed by atoms with Crippen molar-refractivity contribution in [1.29, 1.82) is 0 Å². The standard InChI is InChI=1S/C11H10BrFN2O2/c1-6-11(17)14-5-9(16)15(6)10-7(12)3-2-4-8(10)13/h2-4,6H,5H2,1H3,(H,14,17). The van der Waals surface area contributed by atoms with Gasteiger partial charge in [0.25, 0.3) is 0 Å². The molecule has 2 rings (SSSR count). The number of hydrogen-bond donors (Lipinski definition) is 1. The van der Waals surface area contributed by atoms with Gasteiger partial charge in [-0.2, -0.15) is 0 Å². The Labute approximate surface area is 106 Å². The van der Waals surface area contributed by atoms with Crippen molar-refractivity contribution in [2.24, 2.45) is 0 Å². The Hall–Kier alpha value is -1.43. The van der Waals surface area contributed by atoms with Gasteiger partial charge in [0.1, 0.15) is 11.9 Å². The van der Waals surface area contributed by atoms with Gasteiger partial charge in [-0.05, 0) is 35.0 Å². The van der Waals surface area contributed by atoms with Gasteiger partial charge in [-0.15, -0.1) is 0 Å². The Kier molecular flexibility index (Phi) is 3.15. The second-order valence-corrected chi connectivity index (χ2v) is 4.58. The molecule has 1 fully saturated rings. The lowest BCUT2D eigenvalue weighted by Gasteiger charge is -2.33. The number of nitrogens with zero attached hydrogens (tertiary/aromatic N) is 1. The first-order valence-corrected chi connectivity index (χ1v) is 5.85. The summed E-state index contributed by atoms with van der Waals surface area (Å²) >= 11 is 3.19. The van der Waals surface area contributed by atoms with Crippen LogP contribution in [-0.2, 0) is 9.59 Å². The molecule has 0 aliphatic carbocycles. The maximum atomic E-state index is 13.8. The van der Waals surface area contributed by atoms with Crippen molar-refractivity contribution < 1.29 is 14.0 Å². The number of carbonyl (C=O) groups is 2. The minimum absolute atomic E-state index is 0.107. The number of halogens is 2. The van der Waals surface area contributed by atoms with Gasteiger partial charge in [-0.25, -0.2) is 4.39 Å². The van der Waals surface area contributed by atoms with E-state index in [0.29, 0.717) is 4.47 Å². The lowest BCUT2D eigenvalue weighted by molar-refractivity contribution is -0.130. The highest BCUT2D eigenvalue weighted by molar-refractivity contribution is 9.10. The van der Waals surface area contributed by atoms with Crippen molar-refractivity contribution in [3.05, 3.63) is 28.5 Å². The first kappa shape index (κ1) is 12.0. The smallest absolute Gasteiger partial charge is 0.247 e. The summed E-state index contributed by atoms with van der Waals surface area (Å²) in [4.78, 5) is 24.5. The second-order valence-electron chi connectivity index (χ2n) is 3.73. The number of para-hydroxylation sites is 1. The molecule has 4 nitrogen and oxygen atoms in total. The summed E-state index contributed by atoms with van der Waals surface area (Å²) in [5.41, 5.74) is 0.111. The highest BCUT2D eigenvalue weighted by atomic mass is 79.9. The third-order valence-electron chi connectivity index (χ3n) is 2.63. The van der Waals surface area contributed by atoms with Gasteiger partial charge in [-0.3, -0.25) is 14.5 Å². The molecule has 2 amide bonds. The van der Waals surface area contributed by atoms with Crippen LogP contribution in [0.4, 0.5) is 10.1 Å². The largest absolute Gasteiger partial charge is 0.345 e. The molecule has 17 heavy (non-hydrogen) atoms. The number of piperazine rings is 1. The number of nitrogens with one attached hydrogen (secondary N) is 1. The average molecular weight is 301 g/mol. The van der Waals surface area contributed by atoms with Crippen LogP contribution < -0.4 is 10.2 Å². The zero-order valence-corrected chi connectivity index (χ0v) is 10.6. The van der Waals surface area contributed by atoms with Crippen molar-refractivity contribution in [2.45, 2.75) is 13.0 Å². The van der Waals surface area contributed by atoms with E-state index in [4.69, 9.17) is 0 Å². The average Bonchev–Trinajstić information content (AvgIpc) is 2.28. The first-order chi connectivity index (χ1) is 8.02. The molecule has 1 atom stereocenters. The van der Waals surface area contributed by atoms with E-state index in [0.717, 1.165) is 0 Å². The predicted molar refractivity (Wildman–Crippen MR) is 64.1 cm³/mol. The highest BCUT2D eigenvalue weighted by Gasteiger charge is 2.34. The van der Waals surface area contributed by atoms with Gasteiger partial charge >= 0.3 is 0 Å². The van der Waals surface area contributed by atoms with Crippen LogP contribution in [0.2, 0.25) is 0 Å². The maximum absolute atomic E-state index is 13.8. The molecular weight excluding hydrogens is 291 g/mol. The summed E-state index contributed by atoms with van der Waals surface area (Å²) in [7, 11) is 0. The van der Waals surface area contributed by atoms with E-state index in [9.17, 15) is 14.0 Å². The number of hydrogen-bond acceptors (Lipinski definition) is 2. The molecule has 1 unspecified atom stereocenters. The Bertz CT molecular complexity index is 472. The van der Waals surface area contributed by atoms with Crippen LogP contribution in [0.15, 0.2) is 22.7 Å². The molecule has 1 heterocycles. The fourth-order valence-corrected chi connectivity index (χ4v) is 2.30. The molecule has 1 saturated heterocycles. The minimum Gasteiger partial charge on any atom is -0.345 e. The summed E-state index contributed by atoms with van der Waals surface area (Å²) in [5.74, 6) is -1.16. The molecular formula is C11H10BrFN2O2. The normalized spacial score (nSPS) is 20.4. The van der Waals surface area contributed by atoms with E-state index >= 15 is 0 Å². The van der Waals surface area contributed by atoms with E-state index in [-0.39, 0.29) is 24.0 Å². The molecule has 1 aliphatic heterocycles. The van der Waals surface area contributed by atoms with Crippen LogP contribution in [0.25, 0.3) is 0 Å². The third kappa shape index (κ3) is 2.04. The third-order valence-corrected chi connectivity index (χ3v) is 3.27. The SMILES string of the molecule is CC1C(=O)NCC(=O)N1c1c(F)cccc1Br. The summed E-state index contributed by atoms with van der Waals surface area (Å²) in [6, 6.07) is 3.70. The Morgan fingerprint density at radius 2 is 2.18 bits per heavy atom. The van der Waals surface area contributed by atoms with Crippen LogP contribution >= 0.6 is 15.9 Å². The molecule has 1 N–H and O–H groups in total. The minimum atomic E-state index is -0.718. The van der Waals surface area contributed by atoms with Gasteiger partial charge in [0, 0.05) is 4.47 Å². The van der Waals surface area contributed by atoms with Crippen molar-refractivity contribution in [3.8, 4) is 0 Å². The fourth-order valence-electron chi connectivity index (χ4n) is 1.77. The molecule has 0 radical (unpaired) electrons. The van der Waals surface area contributed by atoms with Crippen LogP contribution in [0.3, 0.4) is 0 Å². The molecule has 0 bridgehead atoms. The molecule has 0 aromatic heterocycles. The fraction of sp³-hybridized carbons (Fsp3) is 0.273. The molecule has 90 valence electrons. The number of benzene rings is 1. The Morgan fingerprint density at radius 1 is 1.47 bits per heavy atom. The number of rotatable bonds is 1. The van der Waals surface area contributed by atoms with Crippen LogP contribution in [0.1, 0.15) is 6.92 Å². The van der Waals surface area contributed by atoms with Crippen LogP contribution in [0, 0.1) is 5.82 Å². The monoisotopic (exact) mass is 300 g/mol. The highest BCUT2D eigenvalue weighted by Crippen LogP contribution is 2.31. The van der Waals surface area contributed by atoms with E-state index < -0.39 is 11.9 Å². The van der Waals surface area contributed by atoms with Crippen LogP contribution in [0.5, 0.6) is 0 Å². The quantitative estimate of drug-likeness (QED) is 0.853. The van der Waals surface area contributed by atoms with E-state index in [1.165, 1.54) is 17.0 Å². The number of carbonyl (C=O) groups excluding carboxylic acids is 2. The van der Waals surface area contributed by atoms with Crippen molar-refractivity contribution >= 4 is 33.4 Å². The lowest BCUT2D eigenvalue weighted by Crippen LogP contribution is -2.57. The second kappa shape index (κ2) is 4.44. The van der Waals surface area contributed by atoms with Crippen molar-refractivity contribution in [3.63, 3.8) is 0 Å². The topological polar surface area (TPSA) is 49.4 Å². The lowest BCUT2D eigenvalue weighted by atomic mass is 10.1. The molecule has 1 aliphatic rings. The zero-order valence-electron chi connectivity index (χ0n) is 9.04. The number of amides is 2. The zero-order chi connectivity index (χ0) is 12.6. The van der Waals surface area contributed by atoms with Gasteiger partial charge in [0.15, 0.2) is 0 Å². The van der Waals surface area contributed by atoms with Gasteiger partial charge in [0.2, 0.25) is 11.8 Å². The van der Waals surface area contributed by atoms with E-state index in [1.807, 2.05) is 0 Å². The summed E-state index contributed by atoms with van der Waals surface area (Å²) in [6.45, 7) is 1.45. The summed E-state index contributed by atoms with van der Waals surface area (Å²) in [6.07, 6.45) is 0. The summed E-state index contributed by atoms with van der Waals surface area (Å²) < 4.78 is 14.2.